The van der Waals surface area contributed by atoms with Crippen LogP contribution >= 0.6 is 23.2 Å². The van der Waals surface area contributed by atoms with Crippen molar-refractivity contribution in [3.8, 4) is 0 Å². The number of benzene rings is 1. The summed E-state index contributed by atoms with van der Waals surface area (Å²) in [7, 11) is 1.99. The smallest absolute Gasteiger partial charge is 0.129 e. The van der Waals surface area contributed by atoms with E-state index in [9.17, 15) is 0 Å². The summed E-state index contributed by atoms with van der Waals surface area (Å²) >= 11 is 12.1. The summed E-state index contributed by atoms with van der Waals surface area (Å²) in [5.41, 5.74) is 7.70. The Kier molecular flexibility index (Phi) is 4.86. The molecule has 106 valence electrons. The maximum Gasteiger partial charge on any atom is 0.129 e. The molecule has 1 heterocycles. The molecule has 1 atom stereocenters. The maximum absolute atomic E-state index is 6.04. The van der Waals surface area contributed by atoms with Gasteiger partial charge in [-0.05, 0) is 36.2 Å². The van der Waals surface area contributed by atoms with E-state index in [4.69, 9.17) is 28.9 Å². The van der Waals surface area contributed by atoms with Crippen molar-refractivity contribution in [3.05, 3.63) is 57.7 Å². The Balaban J connectivity index is 2.28. The van der Waals surface area contributed by atoms with Crippen LogP contribution in [0.3, 0.4) is 0 Å². The quantitative estimate of drug-likeness (QED) is 0.926. The van der Waals surface area contributed by atoms with E-state index in [2.05, 4.69) is 16.8 Å². The summed E-state index contributed by atoms with van der Waals surface area (Å²) < 4.78 is 0. The van der Waals surface area contributed by atoms with Crippen LogP contribution in [0.15, 0.2) is 36.5 Å². The van der Waals surface area contributed by atoms with E-state index in [1.54, 1.807) is 6.20 Å². The molecule has 0 radical (unpaired) electrons. The minimum absolute atomic E-state index is 0.146. The van der Waals surface area contributed by atoms with Gasteiger partial charge in [-0.2, -0.15) is 0 Å². The Labute approximate surface area is 129 Å². The van der Waals surface area contributed by atoms with Gasteiger partial charge in [0.1, 0.15) is 5.82 Å². The van der Waals surface area contributed by atoms with Gasteiger partial charge in [0.15, 0.2) is 0 Å². The van der Waals surface area contributed by atoms with Crippen molar-refractivity contribution in [2.75, 3.05) is 11.9 Å². The lowest BCUT2D eigenvalue weighted by Crippen LogP contribution is -2.23. The van der Waals surface area contributed by atoms with Crippen molar-refractivity contribution in [1.82, 2.24) is 4.98 Å². The molecule has 0 saturated carbocycles. The van der Waals surface area contributed by atoms with Gasteiger partial charge in [0.2, 0.25) is 0 Å². The summed E-state index contributed by atoms with van der Waals surface area (Å²) in [5.74, 6) is 0.835. The summed E-state index contributed by atoms with van der Waals surface area (Å²) in [6, 6.07) is 9.89. The van der Waals surface area contributed by atoms with Crippen molar-refractivity contribution in [1.29, 1.82) is 0 Å². The second-order valence-electron chi connectivity index (χ2n) is 4.68. The highest BCUT2D eigenvalue weighted by Crippen LogP contribution is 2.27. The Morgan fingerprint density at radius 1 is 1.30 bits per heavy atom. The second-order valence-corrected chi connectivity index (χ2v) is 5.52. The van der Waals surface area contributed by atoms with Crippen LogP contribution in [0.25, 0.3) is 0 Å². The van der Waals surface area contributed by atoms with E-state index < -0.39 is 0 Å². The van der Waals surface area contributed by atoms with Gasteiger partial charge >= 0.3 is 0 Å². The van der Waals surface area contributed by atoms with Crippen LogP contribution in [-0.2, 0) is 6.54 Å². The molecule has 0 aliphatic heterocycles. The first kappa shape index (κ1) is 15.1. The second kappa shape index (κ2) is 6.44. The van der Waals surface area contributed by atoms with Crippen LogP contribution in [-0.4, -0.2) is 12.0 Å². The predicted octanol–water partition coefficient (Wildman–Crippen LogP) is 4.04. The largest absolute Gasteiger partial charge is 0.353 e. The normalized spacial score (nSPS) is 12.2. The lowest BCUT2D eigenvalue weighted by atomic mass is 10.1. The molecule has 0 saturated heterocycles. The number of hydrogen-bond donors (Lipinski definition) is 1. The van der Waals surface area contributed by atoms with Crippen LogP contribution in [0.1, 0.15) is 24.1 Å². The SMILES string of the molecule is CC(c1cccc(Cl)c1)N(C)c1cc(CN)c(Cl)cn1. The molecule has 2 rings (SSSR count). The minimum Gasteiger partial charge on any atom is -0.353 e. The molecule has 20 heavy (non-hydrogen) atoms. The average Bonchev–Trinajstić information content (AvgIpc) is 2.46. The third-order valence-corrected chi connectivity index (χ3v) is 3.99. The van der Waals surface area contributed by atoms with E-state index in [1.807, 2.05) is 37.4 Å². The van der Waals surface area contributed by atoms with Gasteiger partial charge in [-0.3, -0.25) is 0 Å². The van der Waals surface area contributed by atoms with Gasteiger partial charge < -0.3 is 10.6 Å². The minimum atomic E-state index is 0.146. The lowest BCUT2D eigenvalue weighted by molar-refractivity contribution is 0.728. The molecule has 3 nitrogen and oxygen atoms in total. The molecule has 0 fully saturated rings. The van der Waals surface area contributed by atoms with Crippen molar-refractivity contribution >= 4 is 29.0 Å². The van der Waals surface area contributed by atoms with Crippen LogP contribution < -0.4 is 10.6 Å². The van der Waals surface area contributed by atoms with Gasteiger partial charge in [-0.1, -0.05) is 35.3 Å². The van der Waals surface area contributed by atoms with Gasteiger partial charge in [0.25, 0.3) is 0 Å². The number of halogens is 2. The Bertz CT molecular complexity index is 601. The average molecular weight is 310 g/mol. The summed E-state index contributed by atoms with van der Waals surface area (Å²) in [4.78, 5) is 6.43. The number of nitrogens with zero attached hydrogens (tertiary/aromatic N) is 2. The van der Waals surface area contributed by atoms with Crippen molar-refractivity contribution in [3.63, 3.8) is 0 Å². The molecule has 1 aromatic carbocycles. The Morgan fingerprint density at radius 2 is 2.05 bits per heavy atom. The Morgan fingerprint density at radius 3 is 2.70 bits per heavy atom. The summed E-state index contributed by atoms with van der Waals surface area (Å²) in [5, 5.41) is 1.33. The molecular weight excluding hydrogens is 293 g/mol. The third kappa shape index (κ3) is 3.23. The highest BCUT2D eigenvalue weighted by atomic mass is 35.5. The van der Waals surface area contributed by atoms with Crippen LogP contribution in [0, 0.1) is 0 Å². The van der Waals surface area contributed by atoms with E-state index in [1.165, 1.54) is 0 Å². The number of rotatable bonds is 4. The standard InChI is InChI=1S/C15H17Cl2N3/c1-10(11-4-3-5-13(16)6-11)20(2)15-7-12(8-18)14(17)9-19-15/h3-7,9-10H,8,18H2,1-2H3. The molecule has 2 aromatic rings. The molecule has 0 amide bonds. The molecule has 0 bridgehead atoms. The van der Waals surface area contributed by atoms with Crippen LogP contribution in [0.2, 0.25) is 10.0 Å². The van der Waals surface area contributed by atoms with Crippen molar-refractivity contribution in [2.45, 2.75) is 19.5 Å². The van der Waals surface area contributed by atoms with Crippen molar-refractivity contribution < 1.29 is 0 Å². The first-order valence-corrected chi connectivity index (χ1v) is 7.11. The maximum atomic E-state index is 6.04. The zero-order chi connectivity index (χ0) is 14.7. The first-order valence-electron chi connectivity index (χ1n) is 6.35. The van der Waals surface area contributed by atoms with E-state index in [0.29, 0.717) is 11.6 Å². The molecule has 0 aliphatic rings. The molecule has 0 spiro atoms. The van der Waals surface area contributed by atoms with E-state index in [-0.39, 0.29) is 6.04 Å². The van der Waals surface area contributed by atoms with Crippen molar-refractivity contribution in [2.24, 2.45) is 5.73 Å². The molecule has 2 N–H and O–H groups in total. The fourth-order valence-corrected chi connectivity index (χ4v) is 2.38. The first-order chi connectivity index (χ1) is 9.52. The van der Waals surface area contributed by atoms with E-state index in [0.717, 1.165) is 22.0 Å². The molecule has 5 heteroatoms. The third-order valence-electron chi connectivity index (χ3n) is 3.41. The topological polar surface area (TPSA) is 42.1 Å². The summed E-state index contributed by atoms with van der Waals surface area (Å²) in [6.07, 6.45) is 1.64. The van der Waals surface area contributed by atoms with E-state index >= 15 is 0 Å². The zero-order valence-corrected chi connectivity index (χ0v) is 13.0. The number of aromatic nitrogens is 1. The molecule has 1 aromatic heterocycles. The van der Waals surface area contributed by atoms with Gasteiger partial charge in [-0.25, -0.2) is 4.98 Å². The van der Waals surface area contributed by atoms with Crippen LogP contribution in [0.4, 0.5) is 5.82 Å². The molecule has 1 unspecified atom stereocenters. The molecular formula is C15H17Cl2N3. The Hall–Kier alpha value is -1.29. The van der Waals surface area contributed by atoms with Gasteiger partial charge in [0, 0.05) is 24.8 Å². The van der Waals surface area contributed by atoms with Gasteiger partial charge in [-0.15, -0.1) is 0 Å². The fraction of sp³-hybridized carbons (Fsp3) is 0.267. The zero-order valence-electron chi connectivity index (χ0n) is 11.5. The molecule has 0 aliphatic carbocycles. The highest BCUT2D eigenvalue weighted by molar-refractivity contribution is 6.31. The predicted molar refractivity (Wildman–Crippen MR) is 85.4 cm³/mol. The van der Waals surface area contributed by atoms with Gasteiger partial charge in [0.05, 0.1) is 11.1 Å². The number of nitrogens with two attached hydrogens (primary N) is 1. The number of pyridine rings is 1. The fourth-order valence-electron chi connectivity index (χ4n) is 2.01. The highest BCUT2D eigenvalue weighted by Gasteiger charge is 2.14. The summed E-state index contributed by atoms with van der Waals surface area (Å²) in [6.45, 7) is 2.50. The number of hydrogen-bond acceptors (Lipinski definition) is 3. The van der Waals surface area contributed by atoms with Crippen LogP contribution in [0.5, 0.6) is 0 Å². The lowest BCUT2D eigenvalue weighted by Gasteiger charge is -2.27. The number of anilines is 1. The monoisotopic (exact) mass is 309 g/mol.